The molecular formula is C11H9ClF2O4. The van der Waals surface area contributed by atoms with Crippen molar-refractivity contribution in [3.63, 3.8) is 0 Å². The van der Waals surface area contributed by atoms with Gasteiger partial charge >= 0.3 is 12.1 Å². The van der Waals surface area contributed by atoms with Crippen molar-refractivity contribution in [2.75, 3.05) is 6.61 Å². The number of ether oxygens (including phenoxy) is 2. The zero-order chi connectivity index (χ0) is 13.8. The van der Waals surface area contributed by atoms with Crippen LogP contribution in [0, 0.1) is 0 Å². The number of hydrogen-bond donors (Lipinski definition) is 0. The molecular weight excluding hydrogens is 270 g/mol. The highest BCUT2D eigenvalue weighted by atomic mass is 35.5. The Morgan fingerprint density at radius 3 is 2.67 bits per heavy atom. The number of halogens is 3. The van der Waals surface area contributed by atoms with Crippen molar-refractivity contribution in [2.45, 2.75) is 13.0 Å². The summed E-state index contributed by atoms with van der Waals surface area (Å²) in [7, 11) is 0. The minimum Gasteiger partial charge on any atom is -0.459 e. The van der Waals surface area contributed by atoms with Gasteiger partial charge < -0.3 is 9.47 Å². The monoisotopic (exact) mass is 278 g/mol. The summed E-state index contributed by atoms with van der Waals surface area (Å²) in [4.78, 5) is 21.3. The van der Waals surface area contributed by atoms with E-state index in [2.05, 4.69) is 9.47 Å². The van der Waals surface area contributed by atoms with E-state index in [0.29, 0.717) is 6.29 Å². The van der Waals surface area contributed by atoms with Gasteiger partial charge in [0.15, 0.2) is 0 Å². The molecule has 0 atom stereocenters. The molecule has 0 aliphatic carbocycles. The first kappa shape index (κ1) is 14.4. The Kier molecular flexibility index (Phi) is 4.61. The molecule has 0 aliphatic rings. The van der Waals surface area contributed by atoms with Crippen LogP contribution < -0.4 is 4.74 Å². The second-order valence-corrected chi connectivity index (χ2v) is 3.55. The number of aldehydes is 1. The Morgan fingerprint density at radius 2 is 2.17 bits per heavy atom. The van der Waals surface area contributed by atoms with Gasteiger partial charge in [-0.05, 0) is 25.1 Å². The lowest BCUT2D eigenvalue weighted by molar-refractivity contribution is -0.216. The van der Waals surface area contributed by atoms with Crippen LogP contribution >= 0.6 is 11.6 Å². The summed E-state index contributed by atoms with van der Waals surface area (Å²) < 4.78 is 34.8. The second kappa shape index (κ2) is 5.77. The van der Waals surface area contributed by atoms with Crippen LogP contribution in [0.4, 0.5) is 8.78 Å². The Bertz CT molecular complexity index is 462. The molecule has 7 heteroatoms. The summed E-state index contributed by atoms with van der Waals surface area (Å²) in [5.74, 6) is -2.22. The molecule has 0 aromatic heterocycles. The molecule has 1 rings (SSSR count). The molecule has 0 fully saturated rings. The van der Waals surface area contributed by atoms with E-state index in [1.165, 1.54) is 13.0 Å². The first-order valence-corrected chi connectivity index (χ1v) is 5.27. The fraction of sp³-hybridized carbons (Fsp3) is 0.273. The average molecular weight is 279 g/mol. The molecule has 0 saturated heterocycles. The van der Waals surface area contributed by atoms with Crippen LogP contribution in [0.5, 0.6) is 5.75 Å². The highest BCUT2D eigenvalue weighted by molar-refractivity contribution is 6.32. The molecule has 0 radical (unpaired) electrons. The highest BCUT2D eigenvalue weighted by Crippen LogP contribution is 2.30. The van der Waals surface area contributed by atoms with E-state index in [-0.39, 0.29) is 17.2 Å². The molecule has 0 bridgehead atoms. The van der Waals surface area contributed by atoms with Crippen molar-refractivity contribution in [1.82, 2.24) is 0 Å². The van der Waals surface area contributed by atoms with Crippen LogP contribution in [0.2, 0.25) is 5.02 Å². The van der Waals surface area contributed by atoms with Crippen LogP contribution in [0.25, 0.3) is 0 Å². The Hall–Kier alpha value is -1.69. The summed E-state index contributed by atoms with van der Waals surface area (Å²) in [6, 6.07) is 3.44. The topological polar surface area (TPSA) is 52.6 Å². The van der Waals surface area contributed by atoms with Gasteiger partial charge in [0.2, 0.25) is 0 Å². The van der Waals surface area contributed by atoms with Gasteiger partial charge in [-0.25, -0.2) is 4.79 Å². The predicted molar refractivity (Wildman–Crippen MR) is 59.0 cm³/mol. The summed E-state index contributed by atoms with van der Waals surface area (Å²) in [6.45, 7) is 1.19. The molecule has 18 heavy (non-hydrogen) atoms. The van der Waals surface area contributed by atoms with Crippen LogP contribution in [-0.2, 0) is 9.53 Å². The van der Waals surface area contributed by atoms with Crippen LogP contribution in [0.1, 0.15) is 17.3 Å². The van der Waals surface area contributed by atoms with Crippen LogP contribution in [0.15, 0.2) is 18.2 Å². The van der Waals surface area contributed by atoms with E-state index in [9.17, 15) is 18.4 Å². The van der Waals surface area contributed by atoms with Gasteiger partial charge in [0.05, 0.1) is 11.6 Å². The number of hydrogen-bond acceptors (Lipinski definition) is 4. The number of carbonyl (C=O) groups is 2. The van der Waals surface area contributed by atoms with Gasteiger partial charge in [-0.15, -0.1) is 0 Å². The standard InChI is InChI=1S/C11H9ClF2O4/c1-2-17-10(16)11(13,14)18-9-4-3-7(6-15)5-8(9)12/h3-6H,2H2,1H3. The molecule has 0 unspecified atom stereocenters. The molecule has 1 aromatic carbocycles. The zero-order valence-corrected chi connectivity index (χ0v) is 10.0. The number of benzene rings is 1. The smallest absolute Gasteiger partial charge is 0.459 e. The van der Waals surface area contributed by atoms with E-state index in [4.69, 9.17) is 11.6 Å². The molecule has 0 aliphatic heterocycles. The maximum Gasteiger partial charge on any atom is 0.502 e. The molecule has 0 heterocycles. The average Bonchev–Trinajstić information content (AvgIpc) is 2.32. The van der Waals surface area contributed by atoms with Crippen LogP contribution in [-0.4, -0.2) is 25.0 Å². The molecule has 0 amide bonds. The lowest BCUT2D eigenvalue weighted by atomic mass is 10.2. The Labute approximate surface area is 106 Å². The predicted octanol–water partition coefficient (Wildman–Crippen LogP) is 2.69. The van der Waals surface area contributed by atoms with Crippen molar-refractivity contribution < 1.29 is 27.8 Å². The number of carbonyl (C=O) groups excluding carboxylic acids is 2. The summed E-state index contributed by atoms with van der Waals surface area (Å²) in [5.41, 5.74) is 0.201. The SMILES string of the molecule is CCOC(=O)C(F)(F)Oc1ccc(C=O)cc1Cl. The minimum atomic E-state index is -4.14. The van der Waals surface area contributed by atoms with E-state index in [0.717, 1.165) is 12.1 Å². The normalized spacial score (nSPS) is 10.9. The van der Waals surface area contributed by atoms with Crippen LogP contribution in [0.3, 0.4) is 0 Å². The summed E-state index contributed by atoms with van der Waals surface area (Å²) >= 11 is 5.63. The molecule has 0 spiro atoms. The lowest BCUT2D eigenvalue weighted by Crippen LogP contribution is -2.37. The van der Waals surface area contributed by atoms with Gasteiger partial charge in [0.25, 0.3) is 0 Å². The quantitative estimate of drug-likeness (QED) is 0.614. The largest absolute Gasteiger partial charge is 0.502 e. The maximum atomic E-state index is 13.2. The van der Waals surface area contributed by atoms with Crippen molar-refractivity contribution in [3.05, 3.63) is 28.8 Å². The first-order valence-electron chi connectivity index (χ1n) is 4.89. The lowest BCUT2D eigenvalue weighted by Gasteiger charge is -2.16. The highest BCUT2D eigenvalue weighted by Gasteiger charge is 2.44. The van der Waals surface area contributed by atoms with E-state index in [1.54, 1.807) is 0 Å². The maximum absolute atomic E-state index is 13.2. The summed E-state index contributed by atoms with van der Waals surface area (Å²) in [6.07, 6.45) is -3.64. The van der Waals surface area contributed by atoms with Gasteiger partial charge in [-0.1, -0.05) is 11.6 Å². The third-order valence-electron chi connectivity index (χ3n) is 1.84. The Balaban J connectivity index is 2.90. The fourth-order valence-electron chi connectivity index (χ4n) is 1.07. The van der Waals surface area contributed by atoms with Crippen molar-refractivity contribution in [3.8, 4) is 5.75 Å². The van der Waals surface area contributed by atoms with Crippen molar-refractivity contribution in [2.24, 2.45) is 0 Å². The third-order valence-corrected chi connectivity index (χ3v) is 2.14. The number of alkyl halides is 2. The van der Waals surface area contributed by atoms with Gasteiger partial charge in [0, 0.05) is 5.56 Å². The van der Waals surface area contributed by atoms with Gasteiger partial charge in [-0.3, -0.25) is 4.79 Å². The second-order valence-electron chi connectivity index (χ2n) is 3.15. The third kappa shape index (κ3) is 3.40. The van der Waals surface area contributed by atoms with Gasteiger partial charge in [0.1, 0.15) is 12.0 Å². The minimum absolute atomic E-state index is 0.199. The van der Waals surface area contributed by atoms with Crippen molar-refractivity contribution >= 4 is 23.9 Å². The molecule has 0 saturated carbocycles. The number of esters is 1. The molecule has 1 aromatic rings. The Morgan fingerprint density at radius 1 is 1.50 bits per heavy atom. The fourth-order valence-corrected chi connectivity index (χ4v) is 1.30. The molecule has 4 nitrogen and oxygen atoms in total. The molecule has 98 valence electrons. The van der Waals surface area contributed by atoms with E-state index in [1.807, 2.05) is 0 Å². The van der Waals surface area contributed by atoms with Crippen molar-refractivity contribution in [1.29, 1.82) is 0 Å². The summed E-state index contributed by atoms with van der Waals surface area (Å²) in [5, 5.41) is -0.205. The molecule has 0 N–H and O–H groups in total. The van der Waals surface area contributed by atoms with E-state index < -0.39 is 17.8 Å². The zero-order valence-electron chi connectivity index (χ0n) is 9.28. The van der Waals surface area contributed by atoms with E-state index >= 15 is 0 Å². The number of rotatable bonds is 5. The van der Waals surface area contributed by atoms with Gasteiger partial charge in [-0.2, -0.15) is 8.78 Å². The first-order chi connectivity index (χ1) is 8.40.